The zero-order valence-electron chi connectivity index (χ0n) is 9.67. The average molecular weight is 238 g/mol. The molecule has 6 heteroatoms. The molecule has 0 atom stereocenters. The molecule has 0 unspecified atom stereocenters. The molecule has 0 bridgehead atoms. The molecule has 0 spiro atoms. The molecule has 92 valence electrons. The summed E-state index contributed by atoms with van der Waals surface area (Å²) < 4.78 is 4.64. The maximum Gasteiger partial charge on any atom is 0.443 e. The van der Waals surface area contributed by atoms with Crippen molar-refractivity contribution in [2.75, 3.05) is 19.0 Å². The lowest BCUT2D eigenvalue weighted by Crippen LogP contribution is -2.32. The second-order valence-electron chi connectivity index (χ2n) is 3.07. The van der Waals surface area contributed by atoms with Crippen molar-refractivity contribution in [1.82, 2.24) is 5.06 Å². The largest absolute Gasteiger partial charge is 0.448 e. The van der Waals surface area contributed by atoms with Crippen molar-refractivity contribution in [3.05, 3.63) is 30.3 Å². The standard InChI is InChI=1S/C11H14N2O4/c1-3-16-11(15)13(2)17-10(14)12-9-7-5-4-6-8-9/h4-8H,3H2,1-2H3,(H,12,14). The van der Waals surface area contributed by atoms with Gasteiger partial charge in [0.2, 0.25) is 0 Å². The molecule has 6 nitrogen and oxygen atoms in total. The maximum atomic E-state index is 11.3. The van der Waals surface area contributed by atoms with Gasteiger partial charge in [-0.15, -0.1) is 5.06 Å². The van der Waals surface area contributed by atoms with Gasteiger partial charge >= 0.3 is 12.2 Å². The van der Waals surface area contributed by atoms with Gasteiger partial charge in [-0.2, -0.15) is 0 Å². The molecule has 1 N–H and O–H groups in total. The smallest absolute Gasteiger partial charge is 0.443 e. The molecule has 0 aliphatic rings. The van der Waals surface area contributed by atoms with Gasteiger partial charge in [-0.3, -0.25) is 5.32 Å². The van der Waals surface area contributed by atoms with E-state index in [1.165, 1.54) is 7.05 Å². The fourth-order valence-electron chi connectivity index (χ4n) is 1.04. The second-order valence-corrected chi connectivity index (χ2v) is 3.07. The molecule has 0 saturated carbocycles. The Bertz CT molecular complexity index is 380. The highest BCUT2D eigenvalue weighted by Gasteiger charge is 2.14. The zero-order valence-corrected chi connectivity index (χ0v) is 9.67. The topological polar surface area (TPSA) is 67.9 Å². The number of carbonyl (C=O) groups excluding carboxylic acids is 2. The number of hydrogen-bond donors (Lipinski definition) is 1. The van der Waals surface area contributed by atoms with E-state index in [9.17, 15) is 9.59 Å². The van der Waals surface area contributed by atoms with Gasteiger partial charge in [0.25, 0.3) is 0 Å². The normalized spacial score (nSPS) is 9.29. The second kappa shape index (κ2) is 6.37. The summed E-state index contributed by atoms with van der Waals surface area (Å²) in [6.07, 6.45) is -1.48. The van der Waals surface area contributed by atoms with Crippen molar-refractivity contribution in [3.8, 4) is 0 Å². The maximum absolute atomic E-state index is 11.3. The quantitative estimate of drug-likeness (QED) is 0.802. The number of ether oxygens (including phenoxy) is 1. The minimum absolute atomic E-state index is 0.215. The first-order valence-corrected chi connectivity index (χ1v) is 5.08. The number of amides is 2. The van der Waals surface area contributed by atoms with Crippen molar-refractivity contribution >= 4 is 17.9 Å². The highest BCUT2D eigenvalue weighted by Crippen LogP contribution is 2.05. The van der Waals surface area contributed by atoms with Gasteiger partial charge in [0.15, 0.2) is 0 Å². The van der Waals surface area contributed by atoms with Crippen molar-refractivity contribution in [2.45, 2.75) is 6.92 Å². The highest BCUT2D eigenvalue weighted by molar-refractivity contribution is 5.85. The predicted molar refractivity (Wildman–Crippen MR) is 61.3 cm³/mol. The summed E-state index contributed by atoms with van der Waals surface area (Å²) in [5.74, 6) is 0. The number of hydrogen-bond acceptors (Lipinski definition) is 4. The molecular weight excluding hydrogens is 224 g/mol. The van der Waals surface area contributed by atoms with Crippen molar-refractivity contribution in [1.29, 1.82) is 0 Å². The van der Waals surface area contributed by atoms with Crippen LogP contribution in [0.5, 0.6) is 0 Å². The number of rotatable bonds is 2. The number of nitrogens with zero attached hydrogens (tertiary/aromatic N) is 1. The first-order chi connectivity index (χ1) is 8.13. The lowest BCUT2D eigenvalue weighted by Gasteiger charge is -2.15. The Morgan fingerprint density at radius 2 is 1.94 bits per heavy atom. The van der Waals surface area contributed by atoms with Crippen molar-refractivity contribution in [3.63, 3.8) is 0 Å². The van der Waals surface area contributed by atoms with Crippen LogP contribution in [-0.2, 0) is 9.57 Å². The van der Waals surface area contributed by atoms with Gasteiger partial charge in [0.1, 0.15) is 0 Å². The Kier molecular flexibility index (Phi) is 4.80. The van der Waals surface area contributed by atoms with Crippen LogP contribution in [0.15, 0.2) is 30.3 Å². The minimum atomic E-state index is -0.758. The van der Waals surface area contributed by atoms with Crippen LogP contribution in [0.1, 0.15) is 6.92 Å². The van der Waals surface area contributed by atoms with E-state index in [4.69, 9.17) is 0 Å². The summed E-state index contributed by atoms with van der Waals surface area (Å²) in [5.41, 5.74) is 0.578. The molecule has 2 amide bonds. The van der Waals surface area contributed by atoms with Crippen LogP contribution in [0.2, 0.25) is 0 Å². The Balaban J connectivity index is 2.42. The predicted octanol–water partition coefficient (Wildman–Crippen LogP) is 2.24. The highest BCUT2D eigenvalue weighted by atomic mass is 16.8. The SMILES string of the molecule is CCOC(=O)N(C)OC(=O)Nc1ccccc1. The molecule has 0 fully saturated rings. The average Bonchev–Trinajstić information content (AvgIpc) is 2.30. The minimum Gasteiger partial charge on any atom is -0.448 e. The van der Waals surface area contributed by atoms with Crippen LogP contribution < -0.4 is 5.32 Å². The van der Waals surface area contributed by atoms with E-state index in [0.29, 0.717) is 5.69 Å². The third-order valence-electron chi connectivity index (χ3n) is 1.76. The molecular formula is C11H14N2O4. The fraction of sp³-hybridized carbons (Fsp3) is 0.273. The third kappa shape index (κ3) is 4.42. The monoisotopic (exact) mass is 238 g/mol. The summed E-state index contributed by atoms with van der Waals surface area (Å²) in [6, 6.07) is 8.76. The Hall–Kier alpha value is -2.24. The van der Waals surface area contributed by atoms with Crippen LogP contribution in [0, 0.1) is 0 Å². The van der Waals surface area contributed by atoms with E-state index < -0.39 is 12.2 Å². The zero-order chi connectivity index (χ0) is 12.7. The molecule has 1 aromatic carbocycles. The molecule has 1 aromatic rings. The molecule has 1 rings (SSSR count). The van der Waals surface area contributed by atoms with Gasteiger partial charge < -0.3 is 9.57 Å². The molecule has 0 radical (unpaired) electrons. The van der Waals surface area contributed by atoms with Crippen LogP contribution in [0.25, 0.3) is 0 Å². The lowest BCUT2D eigenvalue weighted by molar-refractivity contribution is -0.0584. The van der Waals surface area contributed by atoms with Gasteiger partial charge in [-0.05, 0) is 19.1 Å². The van der Waals surface area contributed by atoms with Crippen LogP contribution in [0.3, 0.4) is 0 Å². The summed E-state index contributed by atoms with van der Waals surface area (Å²) in [7, 11) is 1.29. The molecule has 17 heavy (non-hydrogen) atoms. The molecule has 0 heterocycles. The molecule has 0 aliphatic carbocycles. The summed E-state index contributed by atoms with van der Waals surface area (Å²) in [5, 5.41) is 3.18. The van der Waals surface area contributed by atoms with Gasteiger partial charge in [0.05, 0.1) is 13.7 Å². The number of carbonyl (C=O) groups is 2. The van der Waals surface area contributed by atoms with E-state index in [2.05, 4.69) is 14.9 Å². The Morgan fingerprint density at radius 1 is 1.29 bits per heavy atom. The van der Waals surface area contributed by atoms with Crippen molar-refractivity contribution in [2.24, 2.45) is 0 Å². The lowest BCUT2D eigenvalue weighted by atomic mass is 10.3. The number of para-hydroxylation sites is 1. The van der Waals surface area contributed by atoms with Gasteiger partial charge in [0, 0.05) is 5.69 Å². The van der Waals surface area contributed by atoms with Crippen molar-refractivity contribution < 1.29 is 19.2 Å². The number of nitrogens with one attached hydrogen (secondary N) is 1. The van der Waals surface area contributed by atoms with E-state index in [-0.39, 0.29) is 6.61 Å². The molecule has 0 aliphatic heterocycles. The summed E-state index contributed by atoms with van der Waals surface area (Å²) in [4.78, 5) is 27.2. The van der Waals surface area contributed by atoms with Crippen LogP contribution >= 0.6 is 0 Å². The van der Waals surface area contributed by atoms with Gasteiger partial charge in [-0.25, -0.2) is 9.59 Å². The first-order valence-electron chi connectivity index (χ1n) is 5.08. The number of hydroxylamine groups is 2. The molecule has 0 saturated heterocycles. The summed E-state index contributed by atoms with van der Waals surface area (Å²) in [6.45, 7) is 1.88. The van der Waals surface area contributed by atoms with Crippen LogP contribution in [0.4, 0.5) is 15.3 Å². The van der Waals surface area contributed by atoms with E-state index >= 15 is 0 Å². The Morgan fingerprint density at radius 3 is 2.53 bits per heavy atom. The summed E-state index contributed by atoms with van der Waals surface area (Å²) >= 11 is 0. The molecule has 0 aromatic heterocycles. The van der Waals surface area contributed by atoms with E-state index in [0.717, 1.165) is 5.06 Å². The number of benzene rings is 1. The number of anilines is 1. The van der Waals surface area contributed by atoms with Gasteiger partial charge in [-0.1, -0.05) is 18.2 Å². The first kappa shape index (κ1) is 12.8. The van der Waals surface area contributed by atoms with E-state index in [1.807, 2.05) is 6.07 Å². The Labute approximate surface area is 99.1 Å². The third-order valence-corrected chi connectivity index (χ3v) is 1.76. The van der Waals surface area contributed by atoms with E-state index in [1.54, 1.807) is 31.2 Å². The fourth-order valence-corrected chi connectivity index (χ4v) is 1.04. The van der Waals surface area contributed by atoms with Crippen LogP contribution in [-0.4, -0.2) is 30.9 Å².